The maximum absolute atomic E-state index is 12.4. The number of fused-ring (bicyclic) bond motifs is 2. The van der Waals surface area contributed by atoms with Crippen LogP contribution in [0.5, 0.6) is 0 Å². The van der Waals surface area contributed by atoms with Crippen LogP contribution in [0, 0.1) is 25.7 Å². The Morgan fingerprint density at radius 2 is 1.76 bits per heavy atom. The van der Waals surface area contributed by atoms with Crippen LogP contribution in [0.3, 0.4) is 0 Å². The van der Waals surface area contributed by atoms with E-state index >= 15 is 0 Å². The Bertz CT molecular complexity index is 637. The molecule has 0 unspecified atom stereocenters. The minimum Gasteiger partial charge on any atom is -0.481 e. The third kappa shape index (κ3) is 2.34. The Kier molecular flexibility index (Phi) is 3.29. The minimum absolute atomic E-state index is 0.303. The molecule has 2 aliphatic rings. The Morgan fingerprint density at radius 3 is 2.38 bits per heavy atom. The van der Waals surface area contributed by atoms with Crippen LogP contribution in [0.15, 0.2) is 30.4 Å². The molecule has 0 aliphatic carbocycles. The molecule has 21 heavy (non-hydrogen) atoms. The SMILES string of the molecule is Cc1ccc(NC(=O)[C@@H]2[C@@H](C(=O)O)[C@H]3C=C[C@@H]2O3)cc1C. The lowest BCUT2D eigenvalue weighted by atomic mass is 9.82. The first-order chi connectivity index (χ1) is 9.97. The molecule has 2 aliphatic heterocycles. The van der Waals surface area contributed by atoms with E-state index in [0.717, 1.165) is 11.1 Å². The van der Waals surface area contributed by atoms with E-state index < -0.39 is 30.0 Å². The highest BCUT2D eigenvalue weighted by Gasteiger charge is 2.53. The molecular formula is C16H17NO4. The van der Waals surface area contributed by atoms with E-state index in [0.29, 0.717) is 5.69 Å². The topological polar surface area (TPSA) is 75.6 Å². The summed E-state index contributed by atoms with van der Waals surface area (Å²) in [4.78, 5) is 23.8. The number of carboxylic acid groups (broad SMARTS) is 1. The van der Waals surface area contributed by atoms with Gasteiger partial charge in [-0.1, -0.05) is 18.2 Å². The predicted octanol–water partition coefficient (Wildman–Crippen LogP) is 1.90. The van der Waals surface area contributed by atoms with Gasteiger partial charge in [0.25, 0.3) is 0 Å². The first-order valence-corrected chi connectivity index (χ1v) is 6.92. The van der Waals surface area contributed by atoms with Crippen molar-refractivity contribution in [3.8, 4) is 0 Å². The summed E-state index contributed by atoms with van der Waals surface area (Å²) in [7, 11) is 0. The molecule has 110 valence electrons. The van der Waals surface area contributed by atoms with E-state index in [4.69, 9.17) is 4.74 Å². The van der Waals surface area contributed by atoms with Gasteiger partial charge in [-0.15, -0.1) is 0 Å². The van der Waals surface area contributed by atoms with Crippen LogP contribution in [0.1, 0.15) is 11.1 Å². The van der Waals surface area contributed by atoms with Gasteiger partial charge in [0.2, 0.25) is 5.91 Å². The van der Waals surface area contributed by atoms with Crippen molar-refractivity contribution in [1.29, 1.82) is 0 Å². The monoisotopic (exact) mass is 287 g/mol. The highest BCUT2D eigenvalue weighted by atomic mass is 16.5. The zero-order valence-electron chi connectivity index (χ0n) is 11.9. The molecule has 2 heterocycles. The Hall–Kier alpha value is -2.14. The summed E-state index contributed by atoms with van der Waals surface area (Å²) in [6, 6.07) is 5.63. The van der Waals surface area contributed by atoms with E-state index in [1.165, 1.54) is 0 Å². The van der Waals surface area contributed by atoms with Crippen LogP contribution >= 0.6 is 0 Å². The third-order valence-electron chi connectivity index (χ3n) is 4.26. The fraction of sp³-hybridized carbons (Fsp3) is 0.375. The van der Waals surface area contributed by atoms with Crippen LogP contribution in [0.25, 0.3) is 0 Å². The molecule has 4 atom stereocenters. The molecular weight excluding hydrogens is 270 g/mol. The lowest BCUT2D eigenvalue weighted by molar-refractivity contribution is -0.145. The van der Waals surface area contributed by atoms with E-state index in [2.05, 4.69) is 5.32 Å². The van der Waals surface area contributed by atoms with E-state index in [1.807, 2.05) is 32.0 Å². The van der Waals surface area contributed by atoms with E-state index in [1.54, 1.807) is 12.2 Å². The summed E-state index contributed by atoms with van der Waals surface area (Å²) >= 11 is 0. The van der Waals surface area contributed by atoms with E-state index in [9.17, 15) is 14.7 Å². The molecule has 1 fully saturated rings. The van der Waals surface area contributed by atoms with Crippen molar-refractivity contribution in [2.45, 2.75) is 26.1 Å². The number of ether oxygens (including phenoxy) is 1. The standard InChI is InChI=1S/C16H17NO4/c1-8-3-4-10(7-9(8)2)17-15(18)13-11-5-6-12(21-11)14(13)16(19)20/h3-7,11-14H,1-2H3,(H,17,18)(H,19,20)/t11-,12+,13-,14-/m0/s1. The lowest BCUT2D eigenvalue weighted by Gasteiger charge is -2.21. The second-order valence-electron chi connectivity index (χ2n) is 5.63. The lowest BCUT2D eigenvalue weighted by Crippen LogP contribution is -2.39. The Balaban J connectivity index is 1.80. The maximum atomic E-state index is 12.4. The minimum atomic E-state index is -0.993. The van der Waals surface area contributed by atoms with Crippen molar-refractivity contribution in [2.24, 2.45) is 11.8 Å². The summed E-state index contributed by atoms with van der Waals surface area (Å²) in [5, 5.41) is 12.1. The molecule has 0 spiro atoms. The van der Waals surface area contributed by atoms with Crippen LogP contribution < -0.4 is 5.32 Å². The number of carboxylic acids is 1. The highest BCUT2D eigenvalue weighted by Crippen LogP contribution is 2.39. The van der Waals surface area contributed by atoms with Gasteiger partial charge in [-0.25, -0.2) is 0 Å². The zero-order valence-corrected chi connectivity index (χ0v) is 11.9. The van der Waals surface area contributed by atoms with Crippen LogP contribution in [-0.2, 0) is 14.3 Å². The summed E-state index contributed by atoms with van der Waals surface area (Å²) in [5.74, 6) is -2.79. The largest absolute Gasteiger partial charge is 0.481 e. The normalized spacial score (nSPS) is 29.6. The third-order valence-corrected chi connectivity index (χ3v) is 4.26. The van der Waals surface area contributed by atoms with Gasteiger partial charge in [-0.05, 0) is 37.1 Å². The molecule has 0 aromatic heterocycles. The van der Waals surface area contributed by atoms with Crippen molar-refractivity contribution in [2.75, 3.05) is 5.32 Å². The summed E-state index contributed by atoms with van der Waals surface area (Å²) < 4.78 is 5.51. The number of anilines is 1. The van der Waals surface area contributed by atoms with Crippen LogP contribution in [-0.4, -0.2) is 29.2 Å². The molecule has 1 amide bonds. The number of hydrogen-bond donors (Lipinski definition) is 2. The van der Waals surface area contributed by atoms with Gasteiger partial charge in [0.15, 0.2) is 0 Å². The summed E-state index contributed by atoms with van der Waals surface area (Å²) in [6.45, 7) is 3.96. The van der Waals surface area contributed by atoms with Gasteiger partial charge < -0.3 is 15.2 Å². The Morgan fingerprint density at radius 1 is 1.10 bits per heavy atom. The van der Waals surface area contributed by atoms with E-state index in [-0.39, 0.29) is 5.91 Å². The molecule has 1 aromatic rings. The van der Waals surface area contributed by atoms with Gasteiger partial charge >= 0.3 is 5.97 Å². The molecule has 1 saturated heterocycles. The predicted molar refractivity (Wildman–Crippen MR) is 77.0 cm³/mol. The van der Waals surface area contributed by atoms with Gasteiger partial charge in [0, 0.05) is 5.69 Å². The average Bonchev–Trinajstić information content (AvgIpc) is 3.03. The van der Waals surface area contributed by atoms with Crippen molar-refractivity contribution in [3.05, 3.63) is 41.5 Å². The number of hydrogen-bond acceptors (Lipinski definition) is 3. The molecule has 5 heteroatoms. The van der Waals surface area contributed by atoms with Crippen LogP contribution in [0.4, 0.5) is 5.69 Å². The van der Waals surface area contributed by atoms with Crippen molar-refractivity contribution in [1.82, 2.24) is 0 Å². The molecule has 1 aromatic carbocycles. The first kappa shape index (κ1) is 13.8. The number of rotatable bonds is 3. The number of nitrogens with one attached hydrogen (secondary N) is 1. The second-order valence-corrected chi connectivity index (χ2v) is 5.63. The van der Waals surface area contributed by atoms with Crippen molar-refractivity contribution < 1.29 is 19.4 Å². The van der Waals surface area contributed by atoms with Crippen molar-refractivity contribution in [3.63, 3.8) is 0 Å². The average molecular weight is 287 g/mol. The fourth-order valence-electron chi connectivity index (χ4n) is 2.96. The zero-order chi connectivity index (χ0) is 15.1. The molecule has 5 nitrogen and oxygen atoms in total. The second kappa shape index (κ2) is 5.00. The van der Waals surface area contributed by atoms with Gasteiger partial charge in [-0.3, -0.25) is 9.59 Å². The fourth-order valence-corrected chi connectivity index (χ4v) is 2.96. The highest BCUT2D eigenvalue weighted by molar-refractivity contribution is 5.96. The van der Waals surface area contributed by atoms with Gasteiger partial charge in [0.05, 0.1) is 18.1 Å². The Labute approximate surface area is 122 Å². The van der Waals surface area contributed by atoms with Gasteiger partial charge in [-0.2, -0.15) is 0 Å². The first-order valence-electron chi connectivity index (χ1n) is 6.92. The maximum Gasteiger partial charge on any atom is 0.310 e. The number of carbonyl (C=O) groups is 2. The number of amides is 1. The molecule has 0 radical (unpaired) electrons. The summed E-state index contributed by atoms with van der Waals surface area (Å²) in [5.41, 5.74) is 2.90. The number of carbonyl (C=O) groups excluding carboxylic acids is 1. The molecule has 0 saturated carbocycles. The van der Waals surface area contributed by atoms with Crippen molar-refractivity contribution >= 4 is 17.6 Å². The quantitative estimate of drug-likeness (QED) is 0.833. The van der Waals surface area contributed by atoms with Gasteiger partial charge in [0.1, 0.15) is 5.92 Å². The smallest absolute Gasteiger partial charge is 0.310 e. The molecule has 2 N–H and O–H groups in total. The number of aryl methyl sites for hydroxylation is 2. The molecule has 2 bridgehead atoms. The number of benzene rings is 1. The molecule has 3 rings (SSSR count). The van der Waals surface area contributed by atoms with Crippen LogP contribution in [0.2, 0.25) is 0 Å². The number of aliphatic carboxylic acids is 1. The summed E-state index contributed by atoms with van der Waals surface area (Å²) in [6.07, 6.45) is 2.56.